The molecule has 0 saturated carbocycles. The fraction of sp³-hybridized carbons (Fsp3) is 0.238. The van der Waals surface area contributed by atoms with Gasteiger partial charge in [0.25, 0.3) is 5.91 Å². The average Bonchev–Trinajstić information content (AvgIpc) is 3.16. The first-order valence-electron chi connectivity index (χ1n) is 8.68. The van der Waals surface area contributed by atoms with Crippen molar-refractivity contribution in [2.24, 2.45) is 0 Å². The summed E-state index contributed by atoms with van der Waals surface area (Å²) in [6, 6.07) is 19.5. The van der Waals surface area contributed by atoms with Crippen LogP contribution in [0.25, 0.3) is 11.3 Å². The van der Waals surface area contributed by atoms with Crippen molar-refractivity contribution in [3.05, 3.63) is 71.6 Å². The van der Waals surface area contributed by atoms with E-state index in [-0.39, 0.29) is 5.91 Å². The van der Waals surface area contributed by atoms with Gasteiger partial charge in [0.1, 0.15) is 0 Å². The minimum Gasteiger partial charge on any atom is -0.309 e. The Morgan fingerprint density at radius 3 is 2.27 bits per heavy atom. The molecule has 0 saturated heterocycles. The normalized spacial score (nSPS) is 10.9. The fourth-order valence-electron chi connectivity index (χ4n) is 2.70. The number of thiazole rings is 1. The van der Waals surface area contributed by atoms with E-state index in [2.05, 4.69) is 4.90 Å². The molecule has 0 spiro atoms. The molecule has 0 unspecified atom stereocenters. The number of hydrogen-bond acceptors (Lipinski definition) is 4. The Kier molecular flexibility index (Phi) is 6.15. The van der Waals surface area contributed by atoms with Crippen molar-refractivity contribution in [1.29, 1.82) is 0 Å². The minimum absolute atomic E-state index is 0.00156. The van der Waals surface area contributed by atoms with Crippen molar-refractivity contribution in [1.82, 2.24) is 9.88 Å². The van der Waals surface area contributed by atoms with Gasteiger partial charge in [-0.2, -0.15) is 0 Å². The van der Waals surface area contributed by atoms with Gasteiger partial charge in [-0.3, -0.25) is 9.69 Å². The van der Waals surface area contributed by atoms with Crippen molar-refractivity contribution in [2.45, 2.75) is 6.42 Å². The zero-order valence-electron chi connectivity index (χ0n) is 15.1. The first-order chi connectivity index (χ1) is 12.6. The highest BCUT2D eigenvalue weighted by atomic mass is 32.1. The topological polar surface area (TPSA) is 36.4 Å². The summed E-state index contributed by atoms with van der Waals surface area (Å²) in [5.74, 6) is -0.00156. The zero-order chi connectivity index (χ0) is 18.4. The maximum absolute atomic E-state index is 13.0. The molecule has 1 heterocycles. The second kappa shape index (κ2) is 8.74. The van der Waals surface area contributed by atoms with Gasteiger partial charge in [0.05, 0.1) is 5.69 Å². The number of benzene rings is 2. The summed E-state index contributed by atoms with van der Waals surface area (Å²) in [5, 5.41) is 2.76. The Balaban J connectivity index is 1.85. The van der Waals surface area contributed by atoms with Crippen molar-refractivity contribution in [2.75, 3.05) is 32.1 Å². The third-order valence-corrected chi connectivity index (χ3v) is 4.91. The minimum atomic E-state index is -0.00156. The summed E-state index contributed by atoms with van der Waals surface area (Å²) in [5.41, 5.74) is 2.66. The summed E-state index contributed by atoms with van der Waals surface area (Å²) in [6.07, 6.45) is 0.895. The Morgan fingerprint density at radius 2 is 1.62 bits per heavy atom. The second-order valence-electron chi connectivity index (χ2n) is 6.36. The van der Waals surface area contributed by atoms with Gasteiger partial charge in [-0.15, -0.1) is 11.3 Å². The molecule has 0 radical (unpaired) electrons. The number of carbonyl (C=O) groups excluding carboxylic acids is 1. The Bertz CT molecular complexity index is 831. The van der Waals surface area contributed by atoms with Gasteiger partial charge in [0.2, 0.25) is 0 Å². The predicted octanol–water partition coefficient (Wildman–Crippen LogP) is 4.41. The second-order valence-corrected chi connectivity index (χ2v) is 7.20. The van der Waals surface area contributed by atoms with Gasteiger partial charge in [0.15, 0.2) is 5.13 Å². The van der Waals surface area contributed by atoms with E-state index in [0.717, 1.165) is 29.4 Å². The zero-order valence-corrected chi connectivity index (χ0v) is 15.9. The van der Waals surface area contributed by atoms with E-state index in [1.165, 1.54) is 11.3 Å². The largest absolute Gasteiger partial charge is 0.309 e. The molecular weight excluding hydrogens is 342 g/mol. The predicted molar refractivity (Wildman–Crippen MR) is 109 cm³/mol. The molecule has 4 nitrogen and oxygen atoms in total. The molecule has 1 aromatic heterocycles. The third-order valence-electron chi connectivity index (χ3n) is 4.05. The quantitative estimate of drug-likeness (QED) is 0.622. The number of nitrogens with zero attached hydrogens (tertiary/aromatic N) is 3. The van der Waals surface area contributed by atoms with E-state index in [4.69, 9.17) is 4.98 Å². The van der Waals surface area contributed by atoms with E-state index in [9.17, 15) is 4.79 Å². The molecule has 1 amide bonds. The Morgan fingerprint density at radius 1 is 0.962 bits per heavy atom. The molecule has 0 atom stereocenters. The van der Waals surface area contributed by atoms with E-state index < -0.39 is 0 Å². The van der Waals surface area contributed by atoms with E-state index in [1.54, 1.807) is 4.90 Å². The highest BCUT2D eigenvalue weighted by molar-refractivity contribution is 7.14. The van der Waals surface area contributed by atoms with Crippen LogP contribution < -0.4 is 4.90 Å². The van der Waals surface area contributed by atoms with E-state index in [1.807, 2.05) is 80.1 Å². The van der Waals surface area contributed by atoms with Crippen LogP contribution in [-0.2, 0) is 0 Å². The summed E-state index contributed by atoms with van der Waals surface area (Å²) >= 11 is 1.51. The van der Waals surface area contributed by atoms with Gasteiger partial charge >= 0.3 is 0 Å². The molecule has 0 N–H and O–H groups in total. The van der Waals surface area contributed by atoms with Gasteiger partial charge < -0.3 is 4.90 Å². The highest BCUT2D eigenvalue weighted by Crippen LogP contribution is 2.28. The smallest absolute Gasteiger partial charge is 0.260 e. The molecule has 0 aliphatic rings. The molecule has 0 aliphatic heterocycles. The van der Waals surface area contributed by atoms with Crippen molar-refractivity contribution in [3.8, 4) is 11.3 Å². The van der Waals surface area contributed by atoms with Gasteiger partial charge in [-0.1, -0.05) is 48.5 Å². The van der Waals surface area contributed by atoms with Crippen LogP contribution in [0.1, 0.15) is 16.8 Å². The lowest BCUT2D eigenvalue weighted by molar-refractivity contribution is 0.0986. The van der Waals surface area contributed by atoms with Crippen LogP contribution in [0.3, 0.4) is 0 Å². The number of carbonyl (C=O) groups is 1. The summed E-state index contributed by atoms with van der Waals surface area (Å²) in [7, 11) is 4.08. The molecule has 3 aromatic rings. The Hall–Kier alpha value is -2.50. The fourth-order valence-corrected chi connectivity index (χ4v) is 3.55. The molecule has 3 rings (SSSR count). The van der Waals surface area contributed by atoms with Crippen LogP contribution in [0.15, 0.2) is 66.0 Å². The number of anilines is 1. The highest BCUT2D eigenvalue weighted by Gasteiger charge is 2.20. The number of amides is 1. The van der Waals surface area contributed by atoms with Gasteiger partial charge in [-0.25, -0.2) is 4.98 Å². The molecule has 0 fully saturated rings. The van der Waals surface area contributed by atoms with Crippen LogP contribution in [0, 0.1) is 0 Å². The standard InChI is InChI=1S/C21H23N3OS/c1-23(2)14-9-15-24(20(25)18-12-7-4-8-13-18)21-22-19(16-26-21)17-10-5-3-6-11-17/h3-8,10-13,16H,9,14-15H2,1-2H3. The number of rotatable bonds is 7. The van der Waals surface area contributed by atoms with Crippen LogP contribution in [0.2, 0.25) is 0 Å². The maximum atomic E-state index is 13.0. The maximum Gasteiger partial charge on any atom is 0.260 e. The Labute approximate surface area is 158 Å². The molecule has 0 bridgehead atoms. The lowest BCUT2D eigenvalue weighted by atomic mass is 10.2. The lowest BCUT2D eigenvalue weighted by Gasteiger charge is -2.21. The van der Waals surface area contributed by atoms with Crippen LogP contribution in [-0.4, -0.2) is 43.0 Å². The SMILES string of the molecule is CN(C)CCCN(C(=O)c1ccccc1)c1nc(-c2ccccc2)cs1. The lowest BCUT2D eigenvalue weighted by Crippen LogP contribution is -2.33. The summed E-state index contributed by atoms with van der Waals surface area (Å²) in [4.78, 5) is 21.7. The van der Waals surface area contributed by atoms with Crippen molar-refractivity contribution < 1.29 is 4.79 Å². The summed E-state index contributed by atoms with van der Waals surface area (Å²) in [6.45, 7) is 1.57. The van der Waals surface area contributed by atoms with Gasteiger partial charge in [-0.05, 0) is 39.2 Å². The molecule has 134 valence electrons. The molecule has 0 aliphatic carbocycles. The van der Waals surface area contributed by atoms with Crippen molar-refractivity contribution >= 4 is 22.4 Å². The third kappa shape index (κ3) is 4.56. The monoisotopic (exact) mass is 365 g/mol. The molecule has 5 heteroatoms. The van der Waals surface area contributed by atoms with Crippen LogP contribution >= 0.6 is 11.3 Å². The number of hydrogen-bond donors (Lipinski definition) is 0. The van der Waals surface area contributed by atoms with Crippen LogP contribution in [0.4, 0.5) is 5.13 Å². The van der Waals surface area contributed by atoms with E-state index in [0.29, 0.717) is 12.1 Å². The first kappa shape index (κ1) is 18.3. The van der Waals surface area contributed by atoms with Crippen LogP contribution in [0.5, 0.6) is 0 Å². The van der Waals surface area contributed by atoms with E-state index >= 15 is 0 Å². The molecule has 26 heavy (non-hydrogen) atoms. The molecular formula is C21H23N3OS. The first-order valence-corrected chi connectivity index (χ1v) is 9.55. The van der Waals surface area contributed by atoms with Gasteiger partial charge in [0, 0.05) is 23.1 Å². The van der Waals surface area contributed by atoms with Crippen molar-refractivity contribution in [3.63, 3.8) is 0 Å². The average molecular weight is 366 g/mol. The molecule has 2 aromatic carbocycles. The number of aromatic nitrogens is 1. The summed E-state index contributed by atoms with van der Waals surface area (Å²) < 4.78 is 0.